The Balaban J connectivity index is 2.06. The van der Waals surface area contributed by atoms with Crippen LogP contribution in [0.1, 0.15) is 19.4 Å². The summed E-state index contributed by atoms with van der Waals surface area (Å²) in [6, 6.07) is 16.7. The minimum absolute atomic E-state index is 0.0478. The van der Waals surface area contributed by atoms with Crippen LogP contribution < -0.4 is 15.7 Å². The maximum atomic E-state index is 6.25. The number of hydrogen-bond donors (Lipinski definition) is 0. The monoisotopic (exact) mass is 266 g/mol. The summed E-state index contributed by atoms with van der Waals surface area (Å²) in [4.78, 5) is 0. The molecule has 1 aliphatic rings. The second kappa shape index (κ2) is 5.33. The maximum absolute atomic E-state index is 6.25. The van der Waals surface area contributed by atoms with Gasteiger partial charge in [0, 0.05) is 0 Å². The molecule has 2 aromatic rings. The zero-order valence-corrected chi connectivity index (χ0v) is 12.2. The molecule has 0 saturated heterocycles. The molecular formula is C17H19BO2. The van der Waals surface area contributed by atoms with Crippen molar-refractivity contribution < 1.29 is 9.39 Å². The highest BCUT2D eigenvalue weighted by molar-refractivity contribution is 6.80. The van der Waals surface area contributed by atoms with E-state index in [-0.39, 0.29) is 19.1 Å². The largest absolute Gasteiger partial charge is 0.489 e. The maximum Gasteiger partial charge on any atom is 0.365 e. The number of para-hydroxylation sites is 1. The average molecular weight is 266 g/mol. The molecule has 0 aliphatic carbocycles. The normalized spacial score (nSPS) is 21.9. The molecule has 0 amide bonds. The minimum atomic E-state index is -0.0632. The Labute approximate surface area is 120 Å². The molecule has 102 valence electrons. The van der Waals surface area contributed by atoms with Gasteiger partial charge < -0.3 is 9.39 Å². The first-order valence-corrected chi connectivity index (χ1v) is 7.13. The Bertz CT molecular complexity index is 594. The van der Waals surface area contributed by atoms with Crippen LogP contribution in [0.15, 0.2) is 48.5 Å². The van der Waals surface area contributed by atoms with Crippen molar-refractivity contribution in [2.24, 2.45) is 0 Å². The van der Waals surface area contributed by atoms with Crippen LogP contribution in [0, 0.1) is 6.92 Å². The standard InChI is InChI=1S/C17H19BO2/c1-12-8-10-15(11-9-12)18-16-6-4-5-7-17(16)19-13(2)14(3)20-18/h4-11,13-14H,1-3H3/t13-,14-/m0/s1. The molecule has 0 unspecified atom stereocenters. The van der Waals surface area contributed by atoms with Gasteiger partial charge in [0.1, 0.15) is 11.9 Å². The summed E-state index contributed by atoms with van der Waals surface area (Å²) >= 11 is 0. The molecule has 1 aliphatic heterocycles. The van der Waals surface area contributed by atoms with E-state index < -0.39 is 0 Å². The van der Waals surface area contributed by atoms with Crippen LogP contribution in [0.3, 0.4) is 0 Å². The second-order valence-corrected chi connectivity index (χ2v) is 5.49. The first-order chi connectivity index (χ1) is 9.65. The number of aryl methyl sites for hydroxylation is 1. The molecule has 1 heterocycles. The summed E-state index contributed by atoms with van der Waals surface area (Å²) in [5.41, 5.74) is 3.54. The van der Waals surface area contributed by atoms with Crippen molar-refractivity contribution in [1.82, 2.24) is 0 Å². The van der Waals surface area contributed by atoms with Crippen molar-refractivity contribution in [2.45, 2.75) is 33.0 Å². The van der Waals surface area contributed by atoms with Gasteiger partial charge in [-0.25, -0.2) is 0 Å². The SMILES string of the molecule is Cc1ccc(B2O[C@@H](C)[C@H](C)Oc3ccccc32)cc1. The highest BCUT2D eigenvalue weighted by atomic mass is 16.5. The van der Waals surface area contributed by atoms with Gasteiger partial charge in [-0.15, -0.1) is 0 Å². The lowest BCUT2D eigenvalue weighted by Gasteiger charge is -2.20. The van der Waals surface area contributed by atoms with E-state index in [1.807, 2.05) is 18.2 Å². The zero-order valence-electron chi connectivity index (χ0n) is 12.2. The van der Waals surface area contributed by atoms with Crippen LogP contribution in [-0.4, -0.2) is 19.1 Å². The van der Waals surface area contributed by atoms with Gasteiger partial charge in [0.25, 0.3) is 0 Å². The van der Waals surface area contributed by atoms with Gasteiger partial charge in [-0.1, -0.05) is 48.0 Å². The van der Waals surface area contributed by atoms with Crippen molar-refractivity contribution in [1.29, 1.82) is 0 Å². The number of hydrogen-bond acceptors (Lipinski definition) is 2. The molecular weight excluding hydrogens is 247 g/mol. The van der Waals surface area contributed by atoms with E-state index >= 15 is 0 Å². The number of fused-ring (bicyclic) bond motifs is 1. The highest BCUT2D eigenvalue weighted by Crippen LogP contribution is 2.18. The van der Waals surface area contributed by atoms with Crippen LogP contribution in [-0.2, 0) is 4.65 Å². The van der Waals surface area contributed by atoms with Crippen molar-refractivity contribution in [2.75, 3.05) is 0 Å². The first-order valence-electron chi connectivity index (χ1n) is 7.13. The van der Waals surface area contributed by atoms with Gasteiger partial charge in [0.2, 0.25) is 0 Å². The zero-order chi connectivity index (χ0) is 14.1. The lowest BCUT2D eigenvalue weighted by atomic mass is 9.55. The Kier molecular flexibility index (Phi) is 3.54. The summed E-state index contributed by atoms with van der Waals surface area (Å²) in [7, 11) is 0. The molecule has 0 saturated carbocycles. The summed E-state index contributed by atoms with van der Waals surface area (Å²) in [6.07, 6.45) is 0.0975. The summed E-state index contributed by atoms with van der Waals surface area (Å²) < 4.78 is 12.3. The minimum Gasteiger partial charge on any atom is -0.489 e. The topological polar surface area (TPSA) is 18.5 Å². The Morgan fingerprint density at radius 3 is 2.35 bits per heavy atom. The third-order valence-corrected chi connectivity index (χ3v) is 3.91. The smallest absolute Gasteiger partial charge is 0.365 e. The number of benzene rings is 2. The lowest BCUT2D eigenvalue weighted by molar-refractivity contribution is 0.0875. The van der Waals surface area contributed by atoms with Crippen molar-refractivity contribution in [3.8, 4) is 5.75 Å². The Morgan fingerprint density at radius 2 is 1.60 bits per heavy atom. The van der Waals surface area contributed by atoms with E-state index in [0.29, 0.717) is 0 Å². The molecule has 2 atom stereocenters. The van der Waals surface area contributed by atoms with Crippen LogP contribution in [0.25, 0.3) is 0 Å². The molecule has 3 rings (SSSR count). The van der Waals surface area contributed by atoms with E-state index in [4.69, 9.17) is 9.39 Å². The van der Waals surface area contributed by atoms with Crippen LogP contribution >= 0.6 is 0 Å². The predicted octanol–water partition coefficient (Wildman–Crippen LogP) is 2.29. The first kappa shape index (κ1) is 13.3. The van der Waals surface area contributed by atoms with E-state index in [1.165, 1.54) is 11.0 Å². The molecule has 0 N–H and O–H groups in total. The van der Waals surface area contributed by atoms with Crippen molar-refractivity contribution in [3.05, 3.63) is 54.1 Å². The van der Waals surface area contributed by atoms with Crippen molar-refractivity contribution in [3.63, 3.8) is 0 Å². The lowest BCUT2D eigenvalue weighted by Crippen LogP contribution is -2.46. The highest BCUT2D eigenvalue weighted by Gasteiger charge is 2.32. The summed E-state index contributed by atoms with van der Waals surface area (Å²) in [5.74, 6) is 0.926. The fourth-order valence-electron chi connectivity index (χ4n) is 2.50. The molecule has 20 heavy (non-hydrogen) atoms. The Morgan fingerprint density at radius 1 is 0.900 bits per heavy atom. The fraction of sp³-hybridized carbons (Fsp3) is 0.294. The number of rotatable bonds is 1. The Hall–Kier alpha value is -1.74. The molecule has 2 aromatic carbocycles. The second-order valence-electron chi connectivity index (χ2n) is 5.49. The van der Waals surface area contributed by atoms with Crippen LogP contribution in [0.4, 0.5) is 0 Å². The van der Waals surface area contributed by atoms with Crippen molar-refractivity contribution >= 4 is 17.8 Å². The molecule has 0 spiro atoms. The van der Waals surface area contributed by atoms with E-state index in [1.54, 1.807) is 0 Å². The molecule has 0 aromatic heterocycles. The quantitative estimate of drug-likeness (QED) is 0.737. The molecule has 0 radical (unpaired) electrons. The molecule has 3 heteroatoms. The van der Waals surface area contributed by atoms with E-state index in [9.17, 15) is 0 Å². The van der Waals surface area contributed by atoms with Gasteiger partial charge in [0.15, 0.2) is 0 Å². The van der Waals surface area contributed by atoms with Gasteiger partial charge in [-0.2, -0.15) is 0 Å². The summed E-state index contributed by atoms with van der Waals surface area (Å²) in [6.45, 7) is 6.16. The van der Waals surface area contributed by atoms with E-state index in [2.05, 4.69) is 51.1 Å². The molecule has 0 fully saturated rings. The van der Waals surface area contributed by atoms with Gasteiger partial charge in [0.05, 0.1) is 6.10 Å². The third-order valence-electron chi connectivity index (χ3n) is 3.91. The van der Waals surface area contributed by atoms with Gasteiger partial charge >= 0.3 is 6.92 Å². The van der Waals surface area contributed by atoms with Gasteiger partial charge in [-0.05, 0) is 37.8 Å². The van der Waals surface area contributed by atoms with Crippen LogP contribution in [0.2, 0.25) is 0 Å². The average Bonchev–Trinajstić information content (AvgIpc) is 2.58. The molecule has 0 bridgehead atoms. The predicted molar refractivity (Wildman–Crippen MR) is 83.3 cm³/mol. The number of ether oxygens (including phenoxy) is 1. The van der Waals surface area contributed by atoms with E-state index in [0.717, 1.165) is 11.2 Å². The summed E-state index contributed by atoms with van der Waals surface area (Å²) in [5, 5.41) is 0. The third kappa shape index (κ3) is 2.46. The fourth-order valence-corrected chi connectivity index (χ4v) is 2.50. The molecule has 2 nitrogen and oxygen atoms in total. The van der Waals surface area contributed by atoms with Crippen LogP contribution in [0.5, 0.6) is 5.75 Å². The van der Waals surface area contributed by atoms with Gasteiger partial charge in [-0.3, -0.25) is 0 Å².